The molecule has 8 aromatic rings. The molecule has 2 atom stereocenters. The second-order valence-electron chi connectivity index (χ2n) is 16.1. The lowest BCUT2D eigenvalue weighted by molar-refractivity contribution is 0.612. The fourth-order valence-corrected chi connectivity index (χ4v) is 10.1. The Labute approximate surface area is 310 Å². The van der Waals surface area contributed by atoms with E-state index in [0.717, 1.165) is 12.8 Å². The van der Waals surface area contributed by atoms with Gasteiger partial charge in [0.05, 0.1) is 11.0 Å². The van der Waals surface area contributed by atoms with E-state index in [-0.39, 0.29) is 5.41 Å². The van der Waals surface area contributed by atoms with Crippen LogP contribution in [0.25, 0.3) is 76.5 Å². The van der Waals surface area contributed by atoms with Crippen LogP contribution < -0.4 is 0 Å². The highest BCUT2D eigenvalue weighted by Crippen LogP contribution is 2.55. The van der Waals surface area contributed by atoms with Gasteiger partial charge in [0, 0.05) is 38.6 Å². The fourth-order valence-electron chi connectivity index (χ4n) is 10.1. The Morgan fingerprint density at radius 3 is 2.11 bits per heavy atom. The number of hydrogen-bond acceptors (Lipinski definition) is 0. The van der Waals surface area contributed by atoms with Crippen molar-refractivity contribution < 1.29 is 0 Å². The van der Waals surface area contributed by atoms with Crippen LogP contribution in [-0.2, 0) is 5.41 Å². The van der Waals surface area contributed by atoms with Gasteiger partial charge in [-0.3, -0.25) is 0 Å². The predicted octanol–water partition coefficient (Wildman–Crippen LogP) is 14.1. The number of rotatable bonds is 3. The molecule has 1 heteroatoms. The minimum Gasteiger partial charge on any atom is -0.309 e. The van der Waals surface area contributed by atoms with E-state index >= 15 is 0 Å². The Morgan fingerprint density at radius 2 is 1.32 bits per heavy atom. The van der Waals surface area contributed by atoms with Gasteiger partial charge in [-0.25, -0.2) is 0 Å². The Bertz CT molecular complexity index is 2980. The lowest BCUT2D eigenvalue weighted by Gasteiger charge is -2.28. The van der Waals surface area contributed by atoms with Crippen molar-refractivity contribution in [1.29, 1.82) is 0 Å². The van der Waals surface area contributed by atoms with E-state index in [2.05, 4.69) is 183 Å². The van der Waals surface area contributed by atoms with Crippen LogP contribution in [0.15, 0.2) is 163 Å². The molecule has 1 nitrogen and oxygen atoms in total. The van der Waals surface area contributed by atoms with E-state index in [4.69, 9.17) is 0 Å². The summed E-state index contributed by atoms with van der Waals surface area (Å²) in [5.41, 5.74) is 13.5. The summed E-state index contributed by atoms with van der Waals surface area (Å²) in [6, 6.07) is 47.8. The van der Waals surface area contributed by atoms with Gasteiger partial charge < -0.3 is 4.57 Å². The maximum atomic E-state index is 2.60. The highest BCUT2D eigenvalue weighted by Gasteiger charge is 2.42. The van der Waals surface area contributed by atoms with Crippen LogP contribution in [0.1, 0.15) is 56.2 Å². The summed E-state index contributed by atoms with van der Waals surface area (Å²) in [7, 11) is 0. The number of nitrogens with zero attached hydrogens (tertiary/aromatic N) is 1. The van der Waals surface area contributed by atoms with Crippen molar-refractivity contribution in [2.24, 2.45) is 5.92 Å². The lowest BCUT2D eigenvalue weighted by Crippen LogP contribution is -2.18. The molecule has 254 valence electrons. The zero-order valence-corrected chi connectivity index (χ0v) is 30.5. The van der Waals surface area contributed by atoms with Crippen molar-refractivity contribution in [2.45, 2.75) is 44.9 Å². The van der Waals surface area contributed by atoms with Crippen LogP contribution in [0.5, 0.6) is 0 Å². The van der Waals surface area contributed by atoms with Gasteiger partial charge in [0.25, 0.3) is 0 Å². The third kappa shape index (κ3) is 4.37. The fraction of sp³-hybridized carbons (Fsp3) is 0.154. The summed E-state index contributed by atoms with van der Waals surface area (Å²) in [6.07, 6.45) is 14.3. The van der Waals surface area contributed by atoms with E-state index in [1.165, 1.54) is 98.8 Å². The number of hydrogen-bond donors (Lipinski definition) is 0. The quantitative estimate of drug-likeness (QED) is 0.164. The molecule has 11 rings (SSSR count). The van der Waals surface area contributed by atoms with Gasteiger partial charge in [0.2, 0.25) is 0 Å². The number of aromatic nitrogens is 1. The Morgan fingerprint density at radius 1 is 0.604 bits per heavy atom. The summed E-state index contributed by atoms with van der Waals surface area (Å²) in [5, 5.41) is 10.5. The van der Waals surface area contributed by atoms with Gasteiger partial charge in [-0.15, -0.1) is 0 Å². The van der Waals surface area contributed by atoms with Gasteiger partial charge >= 0.3 is 0 Å². The summed E-state index contributed by atoms with van der Waals surface area (Å²) in [4.78, 5) is 0. The molecular formula is C52H41N. The van der Waals surface area contributed by atoms with Gasteiger partial charge in [-0.05, 0) is 98.0 Å². The summed E-state index contributed by atoms with van der Waals surface area (Å²) in [5.74, 6) is 1.02. The molecule has 0 amide bonds. The van der Waals surface area contributed by atoms with E-state index in [9.17, 15) is 0 Å². The van der Waals surface area contributed by atoms with Crippen molar-refractivity contribution in [3.8, 4) is 11.1 Å². The molecule has 0 saturated carbocycles. The van der Waals surface area contributed by atoms with Crippen molar-refractivity contribution in [1.82, 2.24) is 4.57 Å². The SMILES string of the molecule is CC1C=CC(c2ccc3c(c2)C(C)(C)C2=CC(n4c5ccccc5c5c6c7ccccc7c(-c7ccccc7)cc6c6ccccc6c54)=CCC23)=CC1. The van der Waals surface area contributed by atoms with Crippen LogP contribution in [0, 0.1) is 5.92 Å². The molecule has 1 heterocycles. The van der Waals surface area contributed by atoms with E-state index in [0.29, 0.717) is 11.8 Å². The number of para-hydroxylation sites is 1. The molecule has 3 aliphatic carbocycles. The minimum atomic E-state index is -0.0701. The van der Waals surface area contributed by atoms with E-state index in [1.807, 2.05) is 0 Å². The standard InChI is InChI=1S/C52H41N/c1-32-21-23-33(24-22-32)35-25-27-39-40-28-26-36(30-47(40)52(2,3)46(39)29-35)53-48-20-12-11-19-43(48)50-49-41-17-9-7-15-37(41)44(34-13-5-4-6-14-34)31-45(49)38-16-8-10-18-42(38)51(50)53/h4-21,23-27,29-32,40H,22,28H2,1-3H3. The minimum absolute atomic E-state index is 0.0701. The topological polar surface area (TPSA) is 4.93 Å². The van der Waals surface area contributed by atoms with E-state index in [1.54, 1.807) is 0 Å². The molecule has 0 aliphatic heterocycles. The highest BCUT2D eigenvalue weighted by atomic mass is 15.0. The Hall–Kier alpha value is -5.92. The number of benzene rings is 7. The molecule has 0 fully saturated rings. The Kier molecular flexibility index (Phi) is 6.54. The second kappa shape index (κ2) is 11.3. The average molecular weight is 680 g/mol. The van der Waals surface area contributed by atoms with E-state index < -0.39 is 0 Å². The third-order valence-electron chi connectivity index (χ3n) is 12.7. The van der Waals surface area contributed by atoms with Gasteiger partial charge in [-0.2, -0.15) is 0 Å². The zero-order valence-electron chi connectivity index (χ0n) is 30.5. The van der Waals surface area contributed by atoms with Crippen LogP contribution in [0.4, 0.5) is 0 Å². The maximum absolute atomic E-state index is 2.60. The zero-order chi connectivity index (χ0) is 35.4. The molecule has 7 aromatic carbocycles. The molecule has 53 heavy (non-hydrogen) atoms. The first kappa shape index (κ1) is 30.7. The van der Waals surface area contributed by atoms with Crippen LogP contribution in [0.2, 0.25) is 0 Å². The normalized spacial score (nSPS) is 19.1. The van der Waals surface area contributed by atoms with Gasteiger partial charge in [0.1, 0.15) is 0 Å². The summed E-state index contributed by atoms with van der Waals surface area (Å²) in [6.45, 7) is 7.19. The van der Waals surface area contributed by atoms with Crippen LogP contribution >= 0.6 is 0 Å². The lowest BCUT2D eigenvalue weighted by atomic mass is 9.78. The van der Waals surface area contributed by atoms with Crippen molar-refractivity contribution in [3.63, 3.8) is 0 Å². The smallest absolute Gasteiger partial charge is 0.0626 e. The monoisotopic (exact) mass is 679 g/mol. The molecule has 0 N–H and O–H groups in total. The van der Waals surface area contributed by atoms with Crippen LogP contribution in [0.3, 0.4) is 0 Å². The van der Waals surface area contributed by atoms with Crippen molar-refractivity contribution in [2.75, 3.05) is 0 Å². The summed E-state index contributed by atoms with van der Waals surface area (Å²) >= 11 is 0. The molecule has 0 spiro atoms. The van der Waals surface area contributed by atoms with Crippen molar-refractivity contribution >= 4 is 65.4 Å². The van der Waals surface area contributed by atoms with Gasteiger partial charge in [0.15, 0.2) is 0 Å². The first-order valence-electron chi connectivity index (χ1n) is 19.3. The number of fused-ring (bicyclic) bond motifs is 13. The second-order valence-corrected chi connectivity index (χ2v) is 16.1. The molecule has 0 saturated heterocycles. The first-order valence-corrected chi connectivity index (χ1v) is 19.3. The molecule has 0 radical (unpaired) electrons. The molecular weight excluding hydrogens is 639 g/mol. The maximum Gasteiger partial charge on any atom is 0.0626 e. The van der Waals surface area contributed by atoms with Crippen molar-refractivity contribution in [3.05, 3.63) is 180 Å². The molecule has 1 aromatic heterocycles. The highest BCUT2D eigenvalue weighted by molar-refractivity contribution is 6.38. The molecule has 3 aliphatic rings. The largest absolute Gasteiger partial charge is 0.309 e. The van der Waals surface area contributed by atoms with Gasteiger partial charge in [-0.1, -0.05) is 160 Å². The summed E-state index contributed by atoms with van der Waals surface area (Å²) < 4.78 is 2.60. The van der Waals surface area contributed by atoms with Crippen LogP contribution in [-0.4, -0.2) is 4.57 Å². The third-order valence-corrected chi connectivity index (χ3v) is 12.7. The predicted molar refractivity (Wildman–Crippen MR) is 227 cm³/mol. The molecule has 0 bridgehead atoms. The average Bonchev–Trinajstić information content (AvgIpc) is 3.66. The first-order chi connectivity index (χ1) is 26.0. The molecule has 2 unspecified atom stereocenters. The number of allylic oxidation sites excluding steroid dienone is 8. The Balaban J connectivity index is 1.17.